The number of Topliss-reactive ketones (excluding diaryl/α,β-unsaturated/α-hetero) is 1. The van der Waals surface area contributed by atoms with E-state index in [0.717, 1.165) is 5.69 Å². The van der Waals surface area contributed by atoms with Crippen molar-refractivity contribution in [3.63, 3.8) is 0 Å². The molecule has 0 fully saturated rings. The first-order valence-electron chi connectivity index (χ1n) is 3.33. The third kappa shape index (κ3) is 0.906. The van der Waals surface area contributed by atoms with Crippen molar-refractivity contribution in [3.05, 3.63) is 29.8 Å². The maximum absolute atomic E-state index is 11.2. The van der Waals surface area contributed by atoms with Gasteiger partial charge in [-0.15, -0.1) is 0 Å². The van der Waals surface area contributed by atoms with Crippen LogP contribution in [-0.4, -0.2) is 11.3 Å². The smallest absolute Gasteiger partial charge is 0.202 e. The molecule has 1 N–H and O–H groups in total. The third-order valence-electron chi connectivity index (χ3n) is 1.70. The normalized spacial score (nSPS) is 21.2. The summed E-state index contributed by atoms with van der Waals surface area (Å²) in [5, 5.41) is 2.86. The molecular formula is C8H6ClNO. The van der Waals surface area contributed by atoms with Crippen molar-refractivity contribution < 1.29 is 4.79 Å². The zero-order valence-corrected chi connectivity index (χ0v) is 6.43. The summed E-state index contributed by atoms with van der Waals surface area (Å²) in [5.74, 6) is -0.0396. The largest absolute Gasteiger partial charge is 0.362 e. The number of carbonyl (C=O) groups is 1. The highest BCUT2D eigenvalue weighted by Gasteiger charge is 2.26. The van der Waals surface area contributed by atoms with Crippen LogP contribution in [-0.2, 0) is 0 Å². The molecule has 56 valence electrons. The van der Waals surface area contributed by atoms with E-state index in [1.165, 1.54) is 0 Å². The second kappa shape index (κ2) is 2.24. The molecule has 0 saturated carbocycles. The van der Waals surface area contributed by atoms with Gasteiger partial charge in [-0.25, -0.2) is 0 Å². The highest BCUT2D eigenvalue weighted by molar-refractivity contribution is 6.37. The van der Waals surface area contributed by atoms with Crippen LogP contribution in [0.4, 0.5) is 5.69 Å². The Morgan fingerprint density at radius 2 is 2.09 bits per heavy atom. The maximum atomic E-state index is 11.2. The van der Waals surface area contributed by atoms with E-state index >= 15 is 0 Å². The second-order valence-corrected chi connectivity index (χ2v) is 2.85. The predicted molar refractivity (Wildman–Crippen MR) is 44.0 cm³/mol. The van der Waals surface area contributed by atoms with Gasteiger partial charge in [0.15, 0.2) is 5.50 Å². The van der Waals surface area contributed by atoms with Crippen molar-refractivity contribution in [2.75, 3.05) is 5.32 Å². The first kappa shape index (κ1) is 6.68. The topological polar surface area (TPSA) is 29.1 Å². The fourth-order valence-electron chi connectivity index (χ4n) is 1.16. The van der Waals surface area contributed by atoms with Crippen molar-refractivity contribution in [1.82, 2.24) is 0 Å². The highest BCUT2D eigenvalue weighted by Crippen LogP contribution is 2.26. The Balaban J connectivity index is 2.55. The number of alkyl halides is 1. The van der Waals surface area contributed by atoms with E-state index in [1.54, 1.807) is 6.07 Å². The summed E-state index contributed by atoms with van der Waals surface area (Å²) < 4.78 is 0. The first-order valence-corrected chi connectivity index (χ1v) is 3.76. The van der Waals surface area contributed by atoms with Gasteiger partial charge < -0.3 is 5.32 Å². The van der Waals surface area contributed by atoms with Gasteiger partial charge in [0.2, 0.25) is 5.78 Å². The number of para-hydroxylation sites is 1. The van der Waals surface area contributed by atoms with E-state index in [0.29, 0.717) is 5.56 Å². The van der Waals surface area contributed by atoms with Gasteiger partial charge in [0.25, 0.3) is 0 Å². The first-order chi connectivity index (χ1) is 5.29. The molecule has 1 aliphatic heterocycles. The molecule has 0 amide bonds. The molecule has 3 heteroatoms. The lowest BCUT2D eigenvalue weighted by Gasteiger charge is -1.96. The highest BCUT2D eigenvalue weighted by atomic mass is 35.5. The van der Waals surface area contributed by atoms with Crippen molar-refractivity contribution in [1.29, 1.82) is 0 Å². The molecule has 2 nitrogen and oxygen atoms in total. The molecule has 0 bridgehead atoms. The Morgan fingerprint density at radius 1 is 1.36 bits per heavy atom. The average Bonchev–Trinajstić information content (AvgIpc) is 2.30. The number of anilines is 1. The summed E-state index contributed by atoms with van der Waals surface area (Å²) in [5.41, 5.74) is 0.942. The Morgan fingerprint density at radius 3 is 2.82 bits per heavy atom. The van der Waals surface area contributed by atoms with Crippen LogP contribution >= 0.6 is 11.6 Å². The molecular weight excluding hydrogens is 162 g/mol. The molecule has 11 heavy (non-hydrogen) atoms. The van der Waals surface area contributed by atoms with Crippen molar-refractivity contribution >= 4 is 23.1 Å². The lowest BCUT2D eigenvalue weighted by molar-refractivity contribution is 0.100. The van der Waals surface area contributed by atoms with Crippen LogP contribution in [0.2, 0.25) is 0 Å². The lowest BCUT2D eigenvalue weighted by atomic mass is 10.1. The van der Waals surface area contributed by atoms with E-state index in [1.807, 2.05) is 18.2 Å². The average molecular weight is 168 g/mol. The number of hydrogen-bond acceptors (Lipinski definition) is 2. The molecule has 1 aromatic rings. The molecule has 1 aromatic carbocycles. The zero-order valence-electron chi connectivity index (χ0n) is 5.67. The van der Waals surface area contributed by atoms with Gasteiger partial charge in [-0.3, -0.25) is 4.79 Å². The van der Waals surface area contributed by atoms with E-state index in [4.69, 9.17) is 11.6 Å². The van der Waals surface area contributed by atoms with Gasteiger partial charge in [0.1, 0.15) is 0 Å². The van der Waals surface area contributed by atoms with Crippen LogP contribution < -0.4 is 5.32 Å². The van der Waals surface area contributed by atoms with Gasteiger partial charge in [-0.2, -0.15) is 0 Å². The Bertz CT molecular complexity index is 311. The molecule has 2 rings (SSSR count). The Labute approximate surface area is 69.2 Å². The summed E-state index contributed by atoms with van der Waals surface area (Å²) >= 11 is 5.67. The number of carbonyl (C=O) groups excluding carboxylic acids is 1. The number of hydrogen-bond donors (Lipinski definition) is 1. The molecule has 0 spiro atoms. The van der Waals surface area contributed by atoms with E-state index in [-0.39, 0.29) is 5.78 Å². The summed E-state index contributed by atoms with van der Waals surface area (Å²) in [6, 6.07) is 7.31. The number of benzene rings is 1. The third-order valence-corrected chi connectivity index (χ3v) is 2.01. The summed E-state index contributed by atoms with van der Waals surface area (Å²) in [6.45, 7) is 0. The minimum atomic E-state index is -0.576. The molecule has 0 radical (unpaired) electrons. The number of rotatable bonds is 0. The van der Waals surface area contributed by atoms with Crippen LogP contribution in [0.1, 0.15) is 10.4 Å². The summed E-state index contributed by atoms with van der Waals surface area (Å²) in [6.07, 6.45) is 0. The molecule has 0 aromatic heterocycles. The van der Waals surface area contributed by atoms with Gasteiger partial charge in [0.05, 0.1) is 0 Å². The van der Waals surface area contributed by atoms with Gasteiger partial charge in [-0.05, 0) is 12.1 Å². The number of halogens is 1. The van der Waals surface area contributed by atoms with Crippen LogP contribution in [0.25, 0.3) is 0 Å². The Kier molecular flexibility index (Phi) is 1.36. The van der Waals surface area contributed by atoms with E-state index in [2.05, 4.69) is 5.32 Å². The molecule has 1 atom stereocenters. The summed E-state index contributed by atoms with van der Waals surface area (Å²) in [4.78, 5) is 11.2. The van der Waals surface area contributed by atoms with Gasteiger partial charge >= 0.3 is 0 Å². The Hall–Kier alpha value is -1.02. The SMILES string of the molecule is O=C1c2ccccc2NC1Cl. The van der Waals surface area contributed by atoms with Gasteiger partial charge in [-0.1, -0.05) is 23.7 Å². The van der Waals surface area contributed by atoms with E-state index < -0.39 is 5.50 Å². The minimum Gasteiger partial charge on any atom is -0.362 e. The lowest BCUT2D eigenvalue weighted by Crippen LogP contribution is -2.13. The quantitative estimate of drug-likeness (QED) is 0.472. The van der Waals surface area contributed by atoms with Crippen molar-refractivity contribution in [2.24, 2.45) is 0 Å². The van der Waals surface area contributed by atoms with Crippen molar-refractivity contribution in [3.8, 4) is 0 Å². The predicted octanol–water partition coefficient (Wildman–Crippen LogP) is 1.86. The van der Waals surface area contributed by atoms with Crippen LogP contribution in [0, 0.1) is 0 Å². The molecule has 1 unspecified atom stereocenters. The van der Waals surface area contributed by atoms with Crippen LogP contribution in [0.3, 0.4) is 0 Å². The zero-order chi connectivity index (χ0) is 7.84. The minimum absolute atomic E-state index is 0.0396. The summed E-state index contributed by atoms with van der Waals surface area (Å²) in [7, 11) is 0. The van der Waals surface area contributed by atoms with E-state index in [9.17, 15) is 4.79 Å². The number of ketones is 1. The maximum Gasteiger partial charge on any atom is 0.202 e. The van der Waals surface area contributed by atoms with Crippen LogP contribution in [0.15, 0.2) is 24.3 Å². The van der Waals surface area contributed by atoms with Crippen molar-refractivity contribution in [2.45, 2.75) is 5.50 Å². The number of fused-ring (bicyclic) bond motifs is 1. The monoisotopic (exact) mass is 167 g/mol. The van der Waals surface area contributed by atoms with Crippen LogP contribution in [0.5, 0.6) is 0 Å². The second-order valence-electron chi connectivity index (χ2n) is 2.42. The molecule has 0 saturated heterocycles. The number of nitrogens with one attached hydrogen (secondary N) is 1. The molecule has 1 aliphatic rings. The molecule has 0 aliphatic carbocycles. The fourth-order valence-corrected chi connectivity index (χ4v) is 1.40. The fraction of sp³-hybridized carbons (Fsp3) is 0.125. The molecule has 1 heterocycles. The van der Waals surface area contributed by atoms with Gasteiger partial charge in [0, 0.05) is 11.3 Å². The standard InChI is InChI=1S/C8H6ClNO/c9-8-7(11)5-3-1-2-4-6(5)10-8/h1-4,8,10H.